The van der Waals surface area contributed by atoms with Gasteiger partial charge in [-0.2, -0.15) is 4.98 Å². The van der Waals surface area contributed by atoms with E-state index in [9.17, 15) is 4.39 Å². The van der Waals surface area contributed by atoms with Crippen LogP contribution in [-0.4, -0.2) is 23.1 Å². The van der Waals surface area contributed by atoms with Crippen molar-refractivity contribution in [3.05, 3.63) is 77.7 Å². The zero-order valence-electron chi connectivity index (χ0n) is 16.1. The van der Waals surface area contributed by atoms with E-state index >= 15 is 0 Å². The summed E-state index contributed by atoms with van der Waals surface area (Å²) in [6.07, 6.45) is 3.48. The fraction of sp³-hybridized carbons (Fsp3) is 0.304. The van der Waals surface area contributed by atoms with Gasteiger partial charge in [-0.15, -0.1) is 0 Å². The lowest BCUT2D eigenvalue weighted by Crippen LogP contribution is -2.35. The largest absolute Gasteiger partial charge is 0.356 e. The minimum atomic E-state index is -0.255. The first-order chi connectivity index (χ1) is 13.7. The van der Waals surface area contributed by atoms with Crippen molar-refractivity contribution >= 4 is 17.5 Å². The molecule has 1 fully saturated rings. The Balaban J connectivity index is 1.40. The summed E-state index contributed by atoms with van der Waals surface area (Å²) in [5.74, 6) is 1.97. The van der Waals surface area contributed by atoms with Crippen molar-refractivity contribution in [2.24, 2.45) is 5.92 Å². The summed E-state index contributed by atoms with van der Waals surface area (Å²) in [5, 5.41) is 3.18. The molecule has 4 rings (SSSR count). The highest BCUT2D eigenvalue weighted by Crippen LogP contribution is 2.26. The van der Waals surface area contributed by atoms with Crippen LogP contribution < -0.4 is 10.2 Å². The number of nitrogens with zero attached hydrogens (tertiary/aromatic N) is 3. The van der Waals surface area contributed by atoms with Crippen LogP contribution in [0.25, 0.3) is 0 Å². The maximum atomic E-state index is 13.1. The molecule has 1 saturated heterocycles. The molecule has 2 heterocycles. The SMILES string of the molecule is Cc1cc(N2CCC(Cc3ccccc3)CC2)nc(Nc2ccc(F)cc2)n1. The van der Waals surface area contributed by atoms with Crippen LogP contribution in [0.1, 0.15) is 24.1 Å². The number of hydrogen-bond acceptors (Lipinski definition) is 4. The van der Waals surface area contributed by atoms with Crippen LogP contribution >= 0.6 is 0 Å². The number of aryl methyl sites for hydroxylation is 1. The van der Waals surface area contributed by atoms with E-state index in [1.807, 2.05) is 13.0 Å². The number of halogens is 1. The molecule has 0 saturated carbocycles. The molecular formula is C23H25FN4. The maximum absolute atomic E-state index is 13.1. The Morgan fingerprint density at radius 1 is 1.00 bits per heavy atom. The van der Waals surface area contributed by atoms with Crippen molar-refractivity contribution in [3.63, 3.8) is 0 Å². The van der Waals surface area contributed by atoms with Crippen LogP contribution in [0.4, 0.5) is 21.8 Å². The summed E-state index contributed by atoms with van der Waals surface area (Å²) in [6.45, 7) is 3.98. The van der Waals surface area contributed by atoms with Crippen molar-refractivity contribution in [2.75, 3.05) is 23.3 Å². The number of anilines is 3. The monoisotopic (exact) mass is 376 g/mol. The van der Waals surface area contributed by atoms with Crippen LogP contribution in [0.3, 0.4) is 0 Å². The van der Waals surface area contributed by atoms with E-state index in [0.29, 0.717) is 5.95 Å². The Morgan fingerprint density at radius 3 is 2.43 bits per heavy atom. The quantitative estimate of drug-likeness (QED) is 0.670. The molecule has 0 radical (unpaired) electrons. The molecule has 0 atom stereocenters. The van der Waals surface area contributed by atoms with E-state index < -0.39 is 0 Å². The molecule has 28 heavy (non-hydrogen) atoms. The van der Waals surface area contributed by atoms with E-state index in [1.165, 1.54) is 30.5 Å². The summed E-state index contributed by atoms with van der Waals surface area (Å²) < 4.78 is 13.1. The van der Waals surface area contributed by atoms with E-state index in [2.05, 4.69) is 45.5 Å². The molecule has 4 nitrogen and oxygen atoms in total. The molecule has 0 spiro atoms. The van der Waals surface area contributed by atoms with Gasteiger partial charge in [-0.25, -0.2) is 9.37 Å². The topological polar surface area (TPSA) is 41.1 Å². The normalized spacial score (nSPS) is 14.9. The Kier molecular flexibility index (Phi) is 5.51. The van der Waals surface area contributed by atoms with Gasteiger partial charge < -0.3 is 10.2 Å². The molecule has 1 aliphatic rings. The van der Waals surface area contributed by atoms with Crippen molar-refractivity contribution in [3.8, 4) is 0 Å². The molecule has 3 aromatic rings. The molecule has 1 aliphatic heterocycles. The maximum Gasteiger partial charge on any atom is 0.229 e. The second-order valence-corrected chi connectivity index (χ2v) is 7.44. The van der Waals surface area contributed by atoms with Crippen molar-refractivity contribution in [1.29, 1.82) is 0 Å². The lowest BCUT2D eigenvalue weighted by molar-refractivity contribution is 0.402. The number of piperidine rings is 1. The highest BCUT2D eigenvalue weighted by molar-refractivity contribution is 5.55. The molecule has 1 N–H and O–H groups in total. The zero-order chi connectivity index (χ0) is 19.3. The molecule has 5 heteroatoms. The fourth-order valence-corrected chi connectivity index (χ4v) is 3.75. The lowest BCUT2D eigenvalue weighted by atomic mass is 9.90. The molecule has 0 unspecified atom stereocenters. The van der Waals surface area contributed by atoms with Gasteiger partial charge in [0.1, 0.15) is 11.6 Å². The fourth-order valence-electron chi connectivity index (χ4n) is 3.75. The Morgan fingerprint density at radius 2 is 1.71 bits per heavy atom. The van der Waals surface area contributed by atoms with Gasteiger partial charge in [-0.05, 0) is 61.9 Å². The second-order valence-electron chi connectivity index (χ2n) is 7.44. The first-order valence-electron chi connectivity index (χ1n) is 9.83. The first-order valence-corrected chi connectivity index (χ1v) is 9.83. The lowest BCUT2D eigenvalue weighted by Gasteiger charge is -2.33. The number of nitrogens with one attached hydrogen (secondary N) is 1. The smallest absolute Gasteiger partial charge is 0.229 e. The zero-order valence-corrected chi connectivity index (χ0v) is 16.1. The van der Waals surface area contributed by atoms with Gasteiger partial charge in [0, 0.05) is 30.5 Å². The summed E-state index contributed by atoms with van der Waals surface area (Å²) in [4.78, 5) is 11.5. The minimum Gasteiger partial charge on any atom is -0.356 e. The highest BCUT2D eigenvalue weighted by atomic mass is 19.1. The van der Waals surface area contributed by atoms with Crippen LogP contribution in [0.5, 0.6) is 0 Å². The Labute approximate surface area is 165 Å². The highest BCUT2D eigenvalue weighted by Gasteiger charge is 2.21. The van der Waals surface area contributed by atoms with Gasteiger partial charge in [0.15, 0.2) is 0 Å². The third-order valence-corrected chi connectivity index (χ3v) is 5.25. The third-order valence-electron chi connectivity index (χ3n) is 5.25. The molecular weight excluding hydrogens is 351 g/mol. The number of aromatic nitrogens is 2. The summed E-state index contributed by atoms with van der Waals surface area (Å²) in [5.41, 5.74) is 3.12. The van der Waals surface area contributed by atoms with Gasteiger partial charge in [0.2, 0.25) is 5.95 Å². The first kappa shape index (κ1) is 18.4. The average Bonchev–Trinajstić information content (AvgIpc) is 2.71. The van der Waals surface area contributed by atoms with Crippen LogP contribution in [-0.2, 0) is 6.42 Å². The van der Waals surface area contributed by atoms with Gasteiger partial charge in [0.05, 0.1) is 0 Å². The predicted molar refractivity (Wildman–Crippen MR) is 112 cm³/mol. The summed E-state index contributed by atoms with van der Waals surface area (Å²) in [7, 11) is 0. The van der Waals surface area contributed by atoms with E-state index in [1.54, 1.807) is 12.1 Å². The van der Waals surface area contributed by atoms with E-state index in [-0.39, 0.29) is 5.82 Å². The summed E-state index contributed by atoms with van der Waals surface area (Å²) >= 11 is 0. The Hall–Kier alpha value is -2.95. The van der Waals surface area contributed by atoms with Gasteiger partial charge >= 0.3 is 0 Å². The van der Waals surface area contributed by atoms with Crippen molar-refractivity contribution < 1.29 is 4.39 Å². The second kappa shape index (κ2) is 8.38. The number of rotatable bonds is 5. The molecule has 144 valence electrons. The summed E-state index contributed by atoms with van der Waals surface area (Å²) in [6, 6.07) is 19.0. The van der Waals surface area contributed by atoms with E-state index in [0.717, 1.165) is 42.6 Å². The minimum absolute atomic E-state index is 0.255. The third kappa shape index (κ3) is 4.66. The predicted octanol–water partition coefficient (Wildman–Crippen LogP) is 5.13. The van der Waals surface area contributed by atoms with Crippen LogP contribution in [0, 0.1) is 18.7 Å². The van der Waals surface area contributed by atoms with Gasteiger partial charge in [0.25, 0.3) is 0 Å². The molecule has 2 aromatic carbocycles. The molecule has 1 aromatic heterocycles. The van der Waals surface area contributed by atoms with Gasteiger partial charge in [-0.1, -0.05) is 30.3 Å². The molecule has 0 bridgehead atoms. The molecule has 0 amide bonds. The Bertz CT molecular complexity index is 904. The van der Waals surface area contributed by atoms with Crippen molar-refractivity contribution in [2.45, 2.75) is 26.2 Å². The van der Waals surface area contributed by atoms with E-state index in [4.69, 9.17) is 4.98 Å². The standard InChI is InChI=1S/C23H25FN4/c1-17-15-22(27-23(25-17)26-21-9-7-20(24)8-10-21)28-13-11-19(12-14-28)16-18-5-3-2-4-6-18/h2-10,15,19H,11-14,16H2,1H3,(H,25,26,27). The van der Waals surface area contributed by atoms with Crippen LogP contribution in [0.2, 0.25) is 0 Å². The van der Waals surface area contributed by atoms with Crippen molar-refractivity contribution in [1.82, 2.24) is 9.97 Å². The number of hydrogen-bond donors (Lipinski definition) is 1. The van der Waals surface area contributed by atoms with Crippen LogP contribution in [0.15, 0.2) is 60.7 Å². The average molecular weight is 376 g/mol. The van der Waals surface area contributed by atoms with Gasteiger partial charge in [-0.3, -0.25) is 0 Å². The number of benzene rings is 2. The molecule has 0 aliphatic carbocycles.